The molecule has 0 saturated heterocycles. The Kier molecular flexibility index (Phi) is 28.0. The van der Waals surface area contributed by atoms with Gasteiger partial charge in [-0.25, -0.2) is 0 Å². The van der Waals surface area contributed by atoms with E-state index in [1.54, 1.807) is 9.80 Å². The molecule has 0 aliphatic heterocycles. The Morgan fingerprint density at radius 1 is 0.700 bits per heavy atom. The van der Waals surface area contributed by atoms with E-state index in [2.05, 4.69) is 45.3 Å². The van der Waals surface area contributed by atoms with E-state index in [0.29, 0.717) is 0 Å². The van der Waals surface area contributed by atoms with Gasteiger partial charge in [0.25, 0.3) is 0 Å². The van der Waals surface area contributed by atoms with Crippen molar-refractivity contribution in [2.45, 2.75) is 34.6 Å². The van der Waals surface area contributed by atoms with Gasteiger partial charge in [0.2, 0.25) is 0 Å². The summed E-state index contributed by atoms with van der Waals surface area (Å²) in [6.07, 6.45) is 0. The van der Waals surface area contributed by atoms with Gasteiger partial charge in [0.05, 0.1) is 39.3 Å². The van der Waals surface area contributed by atoms with Crippen LogP contribution in [0.1, 0.15) is 34.6 Å². The molecule has 0 spiro atoms. The predicted molar refractivity (Wildman–Crippen MR) is 92.5 cm³/mol. The second-order valence-electron chi connectivity index (χ2n) is 4.72. The van der Waals surface area contributed by atoms with Gasteiger partial charge in [-0.05, 0) is 27.7 Å². The predicted octanol–water partition coefficient (Wildman–Crippen LogP) is -0.161. The third-order valence-corrected chi connectivity index (χ3v) is 3.54. The largest absolute Gasteiger partial charge is 2.00 e. The summed E-state index contributed by atoms with van der Waals surface area (Å²) in [5.41, 5.74) is 0. The SMILES string of the molecule is CC[N-]CC[NH+](CC)CC.CC[NH+](CC)CC[N-]C.[Mg+2]. The van der Waals surface area contributed by atoms with E-state index in [9.17, 15) is 0 Å². The standard InChI is InChI=1S/C8H19N2.C7H17N2.Mg/c1-4-9-7-8-10(5-2)6-3;1-4-9(5-2)7-6-8-3;/h4-8H2,1-3H3;4-7H2,1-3H3;/q2*-1;+2/p+2. The minimum atomic E-state index is 0. The molecular formula is C15H38MgN4+2. The molecule has 0 unspecified atom stereocenters. The van der Waals surface area contributed by atoms with E-state index >= 15 is 0 Å². The van der Waals surface area contributed by atoms with Gasteiger partial charge >= 0.3 is 23.1 Å². The number of hydrogen-bond donors (Lipinski definition) is 2. The van der Waals surface area contributed by atoms with Crippen LogP contribution in [0.4, 0.5) is 0 Å². The maximum Gasteiger partial charge on any atom is 2.00 e. The fourth-order valence-electron chi connectivity index (χ4n) is 1.87. The average Bonchev–Trinajstić information content (AvgIpc) is 2.46. The van der Waals surface area contributed by atoms with Crippen molar-refractivity contribution >= 4 is 23.1 Å². The molecule has 2 N–H and O–H groups in total. The topological polar surface area (TPSA) is 37.1 Å². The molecule has 0 bridgehead atoms. The summed E-state index contributed by atoms with van der Waals surface area (Å²) in [6.45, 7) is 21.3. The molecule has 0 rings (SSSR count). The van der Waals surface area contributed by atoms with Gasteiger partial charge in [0, 0.05) is 0 Å². The maximum absolute atomic E-state index is 4.29. The molecule has 0 aromatic heterocycles. The molecule has 0 saturated carbocycles. The molecule has 0 aromatic rings. The molecular weight excluding hydrogens is 260 g/mol. The van der Waals surface area contributed by atoms with E-state index in [-0.39, 0.29) is 23.1 Å². The smallest absolute Gasteiger partial charge is 0.660 e. The van der Waals surface area contributed by atoms with E-state index in [1.807, 2.05) is 7.05 Å². The fraction of sp³-hybridized carbons (Fsp3) is 1.00. The number of rotatable bonds is 11. The zero-order chi connectivity index (χ0) is 14.9. The van der Waals surface area contributed by atoms with Crippen LogP contribution in [0.15, 0.2) is 0 Å². The summed E-state index contributed by atoms with van der Waals surface area (Å²) in [5.74, 6) is 0. The van der Waals surface area contributed by atoms with Gasteiger partial charge in [-0.15, -0.1) is 0 Å². The molecule has 20 heavy (non-hydrogen) atoms. The van der Waals surface area contributed by atoms with Crippen molar-refractivity contribution < 1.29 is 9.80 Å². The Morgan fingerprint density at radius 2 is 1.10 bits per heavy atom. The number of likely N-dealkylation sites (N-methyl/N-ethyl adjacent to an activating group) is 4. The van der Waals surface area contributed by atoms with Crippen LogP contribution >= 0.6 is 0 Å². The minimum absolute atomic E-state index is 0. The normalized spacial score (nSPS) is 10.2. The Hall–Kier alpha value is 0.606. The van der Waals surface area contributed by atoms with E-state index in [0.717, 1.165) is 19.6 Å². The van der Waals surface area contributed by atoms with Gasteiger partial charge < -0.3 is 20.4 Å². The van der Waals surface area contributed by atoms with E-state index in [4.69, 9.17) is 0 Å². The number of quaternary nitrogens is 2. The Bertz CT molecular complexity index is 151. The van der Waals surface area contributed by atoms with Gasteiger partial charge in [-0.2, -0.15) is 13.6 Å². The number of nitrogens with one attached hydrogen (secondary N) is 2. The third-order valence-electron chi connectivity index (χ3n) is 3.54. The zero-order valence-electron chi connectivity index (χ0n) is 15.0. The van der Waals surface area contributed by atoms with Crippen LogP contribution in [0.2, 0.25) is 0 Å². The maximum atomic E-state index is 4.29. The minimum Gasteiger partial charge on any atom is -0.660 e. The first-order valence-electron chi connectivity index (χ1n) is 8.05. The van der Waals surface area contributed by atoms with Crippen LogP contribution in [-0.2, 0) is 0 Å². The van der Waals surface area contributed by atoms with Crippen LogP contribution in [0.25, 0.3) is 10.6 Å². The van der Waals surface area contributed by atoms with Crippen molar-refractivity contribution in [1.29, 1.82) is 0 Å². The van der Waals surface area contributed by atoms with E-state index < -0.39 is 0 Å². The first-order valence-corrected chi connectivity index (χ1v) is 8.05. The monoisotopic (exact) mass is 298 g/mol. The summed E-state index contributed by atoms with van der Waals surface area (Å²) in [6, 6.07) is 0. The molecule has 0 atom stereocenters. The molecule has 5 heteroatoms. The van der Waals surface area contributed by atoms with Crippen molar-refractivity contribution in [3.05, 3.63) is 10.6 Å². The third kappa shape index (κ3) is 18.6. The summed E-state index contributed by atoms with van der Waals surface area (Å²) in [7, 11) is 1.88. The van der Waals surface area contributed by atoms with Crippen molar-refractivity contribution in [3.63, 3.8) is 0 Å². The summed E-state index contributed by atoms with van der Waals surface area (Å²) in [5, 5.41) is 8.34. The van der Waals surface area contributed by atoms with Crippen molar-refractivity contribution in [3.8, 4) is 0 Å². The average molecular weight is 299 g/mol. The van der Waals surface area contributed by atoms with Crippen LogP contribution < -0.4 is 9.80 Å². The second-order valence-corrected chi connectivity index (χ2v) is 4.72. The van der Waals surface area contributed by atoms with Gasteiger partial charge in [0.15, 0.2) is 0 Å². The summed E-state index contributed by atoms with van der Waals surface area (Å²) >= 11 is 0. The van der Waals surface area contributed by atoms with Crippen LogP contribution in [0.3, 0.4) is 0 Å². The van der Waals surface area contributed by atoms with Crippen molar-refractivity contribution in [2.24, 2.45) is 0 Å². The molecule has 0 heterocycles. The second kappa shape index (κ2) is 21.9. The van der Waals surface area contributed by atoms with Crippen LogP contribution in [0.5, 0.6) is 0 Å². The first kappa shape index (κ1) is 25.6. The number of nitrogens with zero attached hydrogens (tertiary/aromatic N) is 2. The molecule has 4 nitrogen and oxygen atoms in total. The Labute approximate surface area is 144 Å². The molecule has 0 fully saturated rings. The zero-order valence-corrected chi connectivity index (χ0v) is 16.4. The quantitative estimate of drug-likeness (QED) is 0.393. The molecule has 0 aliphatic carbocycles. The van der Waals surface area contributed by atoms with Crippen LogP contribution in [-0.4, -0.2) is 89.0 Å². The van der Waals surface area contributed by atoms with Gasteiger partial charge in [-0.1, -0.05) is 20.0 Å². The van der Waals surface area contributed by atoms with Crippen molar-refractivity contribution in [2.75, 3.05) is 66.0 Å². The first-order chi connectivity index (χ1) is 9.19. The van der Waals surface area contributed by atoms with Gasteiger partial charge in [0.1, 0.15) is 0 Å². The molecule has 0 aromatic carbocycles. The van der Waals surface area contributed by atoms with Crippen molar-refractivity contribution in [1.82, 2.24) is 0 Å². The summed E-state index contributed by atoms with van der Waals surface area (Å²) < 4.78 is 0. The van der Waals surface area contributed by atoms with E-state index in [1.165, 1.54) is 39.3 Å². The Morgan fingerprint density at radius 3 is 1.40 bits per heavy atom. The fourth-order valence-corrected chi connectivity index (χ4v) is 1.87. The molecule has 0 aliphatic rings. The molecule has 0 radical (unpaired) electrons. The molecule has 0 amide bonds. The van der Waals surface area contributed by atoms with Crippen LogP contribution in [0, 0.1) is 0 Å². The van der Waals surface area contributed by atoms with Gasteiger partial charge in [-0.3, -0.25) is 0 Å². The number of hydrogen-bond acceptors (Lipinski definition) is 0. The molecule has 118 valence electrons. The Balaban J connectivity index is -0.000000277. The summed E-state index contributed by atoms with van der Waals surface area (Å²) in [4.78, 5) is 3.29.